The van der Waals surface area contributed by atoms with E-state index in [1.807, 2.05) is 12.2 Å². The zero-order valence-electron chi connectivity index (χ0n) is 21.9. The minimum atomic E-state index is -4.62. The van der Waals surface area contributed by atoms with Crippen LogP contribution in [-0.4, -0.2) is 65.4 Å². The molecule has 3 atom stereocenters. The van der Waals surface area contributed by atoms with Gasteiger partial charge in [0.15, 0.2) is 5.69 Å². The molecule has 1 fully saturated rings. The molecule has 3 N–H and O–H groups in total. The zero-order valence-corrected chi connectivity index (χ0v) is 22.6. The first-order valence-electron chi connectivity index (χ1n) is 12.4. The number of aromatic nitrogens is 2. The van der Waals surface area contributed by atoms with Gasteiger partial charge in [-0.05, 0) is 41.8 Å². The number of urea groups is 1. The van der Waals surface area contributed by atoms with Gasteiger partial charge in [-0.1, -0.05) is 35.8 Å². The number of anilines is 1. The van der Waals surface area contributed by atoms with E-state index in [1.165, 1.54) is 31.7 Å². The lowest BCUT2D eigenvalue weighted by atomic mass is 10.0. The van der Waals surface area contributed by atoms with E-state index in [0.29, 0.717) is 28.1 Å². The number of halogens is 4. The third-order valence-corrected chi connectivity index (χ3v) is 6.69. The van der Waals surface area contributed by atoms with Crippen molar-refractivity contribution in [1.82, 2.24) is 25.7 Å². The van der Waals surface area contributed by atoms with Crippen LogP contribution in [0.15, 0.2) is 53.4 Å². The highest BCUT2D eigenvalue weighted by atomic mass is 35.5. The fourth-order valence-electron chi connectivity index (χ4n) is 4.31. The van der Waals surface area contributed by atoms with Crippen LogP contribution in [0.25, 0.3) is 0 Å². The molecule has 4 rings (SSSR count). The molecule has 218 valence electrons. The van der Waals surface area contributed by atoms with Gasteiger partial charge in [0.1, 0.15) is 24.2 Å². The van der Waals surface area contributed by atoms with Gasteiger partial charge in [0.05, 0.1) is 19.2 Å². The van der Waals surface area contributed by atoms with E-state index in [-0.39, 0.29) is 18.1 Å². The molecule has 4 amide bonds. The zero-order chi connectivity index (χ0) is 29.7. The number of hydrogen-bond acceptors (Lipinski definition) is 7. The topological polar surface area (TPSA) is 139 Å². The molecule has 0 radical (unpaired) electrons. The van der Waals surface area contributed by atoms with Crippen molar-refractivity contribution >= 4 is 35.3 Å². The third-order valence-electron chi connectivity index (χ3n) is 6.43. The van der Waals surface area contributed by atoms with Gasteiger partial charge < -0.3 is 30.1 Å². The first kappa shape index (κ1) is 29.8. The number of benzene rings is 1. The lowest BCUT2D eigenvalue weighted by molar-refractivity contribution is -0.150. The van der Waals surface area contributed by atoms with Crippen LogP contribution < -0.4 is 16.0 Å². The molecule has 0 bridgehead atoms. The summed E-state index contributed by atoms with van der Waals surface area (Å²) in [5.74, 6) is -1.29. The van der Waals surface area contributed by atoms with Crippen LogP contribution in [0.1, 0.15) is 46.2 Å². The molecule has 1 aliphatic heterocycles. The number of alkyl halides is 3. The van der Waals surface area contributed by atoms with Crippen molar-refractivity contribution in [2.24, 2.45) is 0 Å². The maximum absolute atomic E-state index is 13.5. The van der Waals surface area contributed by atoms with Crippen LogP contribution in [0.2, 0.25) is 5.02 Å². The van der Waals surface area contributed by atoms with E-state index in [2.05, 4.69) is 20.8 Å². The maximum atomic E-state index is 13.5. The van der Waals surface area contributed by atoms with E-state index < -0.39 is 48.7 Å². The summed E-state index contributed by atoms with van der Waals surface area (Å²) >= 11 is 6.00. The number of nitrogens with one attached hydrogen (secondary N) is 3. The fourth-order valence-corrected chi connectivity index (χ4v) is 4.43. The second kappa shape index (κ2) is 12.6. The largest absolute Gasteiger partial charge is 0.410 e. The number of amides is 4. The molecule has 1 saturated heterocycles. The number of carbonyl (C=O) groups is 3. The minimum absolute atomic E-state index is 0.0304. The van der Waals surface area contributed by atoms with Gasteiger partial charge in [0.2, 0.25) is 0 Å². The first-order valence-corrected chi connectivity index (χ1v) is 12.8. The van der Waals surface area contributed by atoms with Gasteiger partial charge in [0.25, 0.3) is 11.8 Å². The van der Waals surface area contributed by atoms with Crippen LogP contribution in [0, 0.1) is 0 Å². The number of pyridine rings is 1. The number of rotatable bonds is 10. The summed E-state index contributed by atoms with van der Waals surface area (Å²) in [4.78, 5) is 44.0. The number of carbonyl (C=O) groups excluding carboxylic acids is 3. The predicted molar refractivity (Wildman–Crippen MR) is 140 cm³/mol. The molecule has 0 unspecified atom stereocenters. The van der Waals surface area contributed by atoms with Crippen molar-refractivity contribution < 1.29 is 36.8 Å². The lowest BCUT2D eigenvalue weighted by Crippen LogP contribution is -2.40. The van der Waals surface area contributed by atoms with Crippen LogP contribution in [0.5, 0.6) is 0 Å². The second-order valence-electron chi connectivity index (χ2n) is 9.13. The van der Waals surface area contributed by atoms with Crippen molar-refractivity contribution in [3.05, 3.63) is 76.3 Å². The van der Waals surface area contributed by atoms with Gasteiger partial charge in [-0.3, -0.25) is 9.59 Å². The summed E-state index contributed by atoms with van der Waals surface area (Å²) in [7, 11) is 1.35. The summed E-state index contributed by atoms with van der Waals surface area (Å²) in [6, 6.07) is 4.12. The third kappa shape index (κ3) is 6.95. The number of aryl methyl sites for hydroxylation is 1. The van der Waals surface area contributed by atoms with Crippen molar-refractivity contribution in [3.8, 4) is 0 Å². The molecule has 0 saturated carbocycles. The van der Waals surface area contributed by atoms with Gasteiger partial charge in [-0.15, -0.1) is 0 Å². The lowest BCUT2D eigenvalue weighted by Gasteiger charge is -2.27. The van der Waals surface area contributed by atoms with Crippen molar-refractivity contribution in [2.75, 3.05) is 25.6 Å². The van der Waals surface area contributed by atoms with Crippen LogP contribution >= 0.6 is 11.6 Å². The molecule has 1 aliphatic rings. The highest BCUT2D eigenvalue weighted by Gasteiger charge is 2.48. The smallest absolute Gasteiger partial charge is 0.382 e. The summed E-state index contributed by atoms with van der Waals surface area (Å²) < 4.78 is 49.8. The molecular weight excluding hydrogens is 569 g/mol. The summed E-state index contributed by atoms with van der Waals surface area (Å²) in [6.45, 7) is 1.08. The Balaban J connectivity index is 1.58. The average molecular weight is 595 g/mol. The predicted octanol–water partition coefficient (Wildman–Crippen LogP) is 4.04. The standard InChI is InChI=1S/C26H26ClF3N6O5/c1-3-14-12-41-35-22(14)24(38)34-21(15-4-6-17(27)7-5-15)23(37)33-20-10-16(8-9-31-20)18(13-40-2)36-11-19(26(28,29)30)32-25(36)39/h4-10,12,18-19,21H,3,11,13H2,1-2H3,(H,32,39)(H,34,38)(H,31,33,37)/t18-,19+,21+/m1/s1. The summed E-state index contributed by atoms with van der Waals surface area (Å²) in [6.07, 6.45) is -1.47. The number of methoxy groups -OCH3 is 1. The number of nitrogens with zero attached hydrogens (tertiary/aromatic N) is 3. The Morgan fingerprint density at radius 3 is 2.61 bits per heavy atom. The Hall–Kier alpha value is -4.17. The number of hydrogen-bond donors (Lipinski definition) is 3. The van der Waals surface area contributed by atoms with Crippen molar-refractivity contribution in [2.45, 2.75) is 37.6 Å². The van der Waals surface area contributed by atoms with Crippen LogP contribution in [-0.2, 0) is 16.0 Å². The Bertz CT molecular complexity index is 1400. The van der Waals surface area contributed by atoms with E-state index >= 15 is 0 Å². The molecule has 1 aromatic carbocycles. The van der Waals surface area contributed by atoms with Crippen LogP contribution in [0.4, 0.5) is 23.8 Å². The van der Waals surface area contributed by atoms with E-state index in [0.717, 1.165) is 4.90 Å². The van der Waals surface area contributed by atoms with E-state index in [1.54, 1.807) is 24.3 Å². The van der Waals surface area contributed by atoms with Gasteiger partial charge >= 0.3 is 12.2 Å². The average Bonchev–Trinajstić information content (AvgIpc) is 3.57. The quantitative estimate of drug-likeness (QED) is 0.322. The Morgan fingerprint density at radius 2 is 1.98 bits per heavy atom. The monoisotopic (exact) mass is 594 g/mol. The molecule has 2 aromatic heterocycles. The first-order chi connectivity index (χ1) is 19.5. The normalized spacial score (nSPS) is 16.7. The summed E-state index contributed by atoms with van der Waals surface area (Å²) in [5.41, 5.74) is 1.36. The fraction of sp³-hybridized carbons (Fsp3) is 0.346. The maximum Gasteiger partial charge on any atom is 0.410 e. The minimum Gasteiger partial charge on any atom is -0.382 e. The molecule has 15 heteroatoms. The SMILES string of the molecule is CCc1conc1C(=O)N[C@H](C(=O)Nc1cc([C@@H](COC)N2C[C@@H](C(F)(F)F)NC2=O)ccn1)c1ccc(Cl)cc1. The van der Waals surface area contributed by atoms with Gasteiger partial charge in [0, 0.05) is 23.9 Å². The highest BCUT2D eigenvalue weighted by molar-refractivity contribution is 6.30. The van der Waals surface area contributed by atoms with E-state index in [9.17, 15) is 27.6 Å². The molecule has 41 heavy (non-hydrogen) atoms. The Labute approximate surface area is 237 Å². The molecule has 11 nitrogen and oxygen atoms in total. The van der Waals surface area contributed by atoms with Crippen LogP contribution in [0.3, 0.4) is 0 Å². The molecule has 0 aliphatic carbocycles. The highest BCUT2D eigenvalue weighted by Crippen LogP contribution is 2.31. The molecular formula is C26H26ClF3N6O5. The van der Waals surface area contributed by atoms with E-state index in [4.69, 9.17) is 20.9 Å². The number of ether oxygens (including phenoxy) is 1. The second-order valence-corrected chi connectivity index (χ2v) is 9.57. The molecule has 3 aromatic rings. The summed E-state index contributed by atoms with van der Waals surface area (Å²) in [5, 5.41) is 11.4. The Morgan fingerprint density at radius 1 is 1.24 bits per heavy atom. The Kier molecular flexibility index (Phi) is 9.13. The van der Waals surface area contributed by atoms with Gasteiger partial charge in [-0.25, -0.2) is 9.78 Å². The van der Waals surface area contributed by atoms with Crippen molar-refractivity contribution in [3.63, 3.8) is 0 Å². The molecule has 0 spiro atoms. The molecule has 3 heterocycles. The van der Waals surface area contributed by atoms with Crippen molar-refractivity contribution in [1.29, 1.82) is 0 Å². The van der Waals surface area contributed by atoms with Gasteiger partial charge in [-0.2, -0.15) is 13.2 Å².